The van der Waals surface area contributed by atoms with Crippen LogP contribution in [-0.4, -0.2) is 31.3 Å². The lowest BCUT2D eigenvalue weighted by molar-refractivity contribution is -0.140. The summed E-state index contributed by atoms with van der Waals surface area (Å²) in [5.74, 6) is -0.364. The molecule has 104 valence electrons. The molecule has 0 spiro atoms. The van der Waals surface area contributed by atoms with Crippen LogP contribution in [0.5, 0.6) is 0 Å². The van der Waals surface area contributed by atoms with Crippen LogP contribution >= 0.6 is 35.0 Å². The largest absolute Gasteiger partial charge is 0.469 e. The average Bonchev–Trinajstić information content (AvgIpc) is 2.38. The van der Waals surface area contributed by atoms with Crippen LogP contribution in [0.25, 0.3) is 0 Å². The zero-order valence-electron chi connectivity index (χ0n) is 10.2. The molecule has 1 aromatic carbocycles. The van der Waals surface area contributed by atoms with Crippen LogP contribution in [0.3, 0.4) is 0 Å². The zero-order chi connectivity index (χ0) is 14.3. The quantitative estimate of drug-likeness (QED) is 0.646. The Morgan fingerprint density at radius 1 is 1.32 bits per heavy atom. The second kappa shape index (κ2) is 8.30. The summed E-state index contributed by atoms with van der Waals surface area (Å²) in [4.78, 5) is 23.1. The number of halogens is 2. The highest BCUT2D eigenvalue weighted by Gasteiger charge is 2.09. The minimum Gasteiger partial charge on any atom is -0.469 e. The first-order valence-electron chi connectivity index (χ1n) is 5.45. The highest BCUT2D eigenvalue weighted by atomic mass is 35.5. The van der Waals surface area contributed by atoms with E-state index in [2.05, 4.69) is 10.1 Å². The first-order valence-corrected chi connectivity index (χ1v) is 7.19. The van der Waals surface area contributed by atoms with E-state index in [-0.39, 0.29) is 30.6 Å². The third-order valence-corrected chi connectivity index (χ3v) is 4.13. The maximum absolute atomic E-state index is 11.5. The van der Waals surface area contributed by atoms with Crippen LogP contribution in [0.15, 0.2) is 23.1 Å². The van der Waals surface area contributed by atoms with Crippen molar-refractivity contribution in [3.8, 4) is 0 Å². The lowest BCUT2D eigenvalue weighted by Crippen LogP contribution is -2.27. The highest BCUT2D eigenvalue weighted by Crippen LogP contribution is 2.33. The molecule has 7 heteroatoms. The standard InChI is InChI=1S/C12H13Cl2NO3S/c1-18-11(17)5-6-15-10(16)7-19-12-8(13)3-2-4-9(12)14/h2-4H,5-7H2,1H3,(H,15,16). The summed E-state index contributed by atoms with van der Waals surface area (Å²) in [6.07, 6.45) is 0.153. The Bertz CT molecular complexity index is 448. The molecule has 19 heavy (non-hydrogen) atoms. The van der Waals surface area contributed by atoms with Crippen molar-refractivity contribution >= 4 is 46.8 Å². The number of nitrogens with one attached hydrogen (secondary N) is 1. The number of thioether (sulfide) groups is 1. The number of hydrogen-bond donors (Lipinski definition) is 1. The Labute approximate surface area is 125 Å². The second-order valence-electron chi connectivity index (χ2n) is 3.52. The molecule has 0 aliphatic carbocycles. The van der Waals surface area contributed by atoms with Gasteiger partial charge in [0.05, 0.1) is 29.3 Å². The van der Waals surface area contributed by atoms with E-state index in [0.717, 1.165) is 0 Å². The predicted octanol–water partition coefficient (Wildman–Crippen LogP) is 2.76. The molecule has 1 aromatic rings. The molecule has 0 fully saturated rings. The first kappa shape index (κ1) is 16.1. The first-order chi connectivity index (χ1) is 9.04. The van der Waals surface area contributed by atoms with Crippen molar-refractivity contribution < 1.29 is 14.3 Å². The number of hydrogen-bond acceptors (Lipinski definition) is 4. The van der Waals surface area contributed by atoms with E-state index in [1.165, 1.54) is 18.9 Å². The third kappa shape index (κ3) is 5.72. The average molecular weight is 322 g/mol. The SMILES string of the molecule is COC(=O)CCNC(=O)CSc1c(Cl)cccc1Cl. The fraction of sp³-hybridized carbons (Fsp3) is 0.333. The van der Waals surface area contributed by atoms with Gasteiger partial charge in [0.25, 0.3) is 0 Å². The van der Waals surface area contributed by atoms with Crippen molar-refractivity contribution in [2.45, 2.75) is 11.3 Å². The van der Waals surface area contributed by atoms with Gasteiger partial charge in [0, 0.05) is 11.4 Å². The van der Waals surface area contributed by atoms with E-state index in [1.807, 2.05) is 0 Å². The molecule has 1 rings (SSSR count). The molecule has 0 aliphatic rings. The predicted molar refractivity (Wildman–Crippen MR) is 76.8 cm³/mol. The Morgan fingerprint density at radius 2 is 1.95 bits per heavy atom. The number of esters is 1. The van der Waals surface area contributed by atoms with Gasteiger partial charge in [0.15, 0.2) is 0 Å². The van der Waals surface area contributed by atoms with Crippen LogP contribution in [0.4, 0.5) is 0 Å². The minimum absolute atomic E-state index is 0.153. The molecule has 0 heterocycles. The van der Waals surface area contributed by atoms with Gasteiger partial charge in [-0.05, 0) is 12.1 Å². The van der Waals surface area contributed by atoms with Gasteiger partial charge in [-0.15, -0.1) is 11.8 Å². The fourth-order valence-electron chi connectivity index (χ4n) is 1.22. The Hall–Kier alpha value is -0.910. The number of rotatable bonds is 6. The monoisotopic (exact) mass is 321 g/mol. The van der Waals surface area contributed by atoms with Gasteiger partial charge in [-0.2, -0.15) is 0 Å². The fourth-order valence-corrected chi connectivity index (χ4v) is 2.73. The van der Waals surface area contributed by atoms with Gasteiger partial charge in [-0.1, -0.05) is 29.3 Å². The summed E-state index contributed by atoms with van der Waals surface area (Å²) in [6.45, 7) is 0.252. The smallest absolute Gasteiger partial charge is 0.307 e. The summed E-state index contributed by atoms with van der Waals surface area (Å²) in [5.41, 5.74) is 0. The van der Waals surface area contributed by atoms with Gasteiger partial charge < -0.3 is 10.1 Å². The number of amides is 1. The molecule has 0 aromatic heterocycles. The summed E-state index contributed by atoms with van der Waals surface area (Å²) in [5, 5.41) is 3.64. The van der Waals surface area contributed by atoms with E-state index < -0.39 is 0 Å². The van der Waals surface area contributed by atoms with E-state index in [1.54, 1.807) is 18.2 Å². The van der Waals surface area contributed by atoms with Crippen molar-refractivity contribution in [2.75, 3.05) is 19.4 Å². The normalized spacial score (nSPS) is 10.1. The molecule has 1 amide bonds. The lowest BCUT2D eigenvalue weighted by atomic mass is 10.4. The number of carbonyl (C=O) groups is 2. The number of carbonyl (C=O) groups excluding carboxylic acids is 2. The van der Waals surface area contributed by atoms with E-state index in [0.29, 0.717) is 14.9 Å². The topological polar surface area (TPSA) is 55.4 Å². The third-order valence-electron chi connectivity index (χ3n) is 2.15. The summed E-state index contributed by atoms with van der Waals surface area (Å²) in [7, 11) is 1.30. The summed E-state index contributed by atoms with van der Waals surface area (Å²) in [6, 6.07) is 5.17. The van der Waals surface area contributed by atoms with Crippen LogP contribution < -0.4 is 5.32 Å². The van der Waals surface area contributed by atoms with Gasteiger partial charge in [0.1, 0.15) is 0 Å². The van der Waals surface area contributed by atoms with Crippen LogP contribution in [0.2, 0.25) is 10.0 Å². The maximum atomic E-state index is 11.5. The molecular weight excluding hydrogens is 309 g/mol. The van der Waals surface area contributed by atoms with Gasteiger partial charge >= 0.3 is 5.97 Å². The van der Waals surface area contributed by atoms with Crippen LogP contribution in [0, 0.1) is 0 Å². The Balaban J connectivity index is 2.36. The summed E-state index contributed by atoms with van der Waals surface area (Å²) >= 11 is 13.2. The molecule has 0 radical (unpaired) electrons. The summed E-state index contributed by atoms with van der Waals surface area (Å²) < 4.78 is 4.46. The van der Waals surface area contributed by atoms with E-state index in [9.17, 15) is 9.59 Å². The molecule has 1 N–H and O–H groups in total. The van der Waals surface area contributed by atoms with E-state index in [4.69, 9.17) is 23.2 Å². The molecule has 0 saturated carbocycles. The molecule has 0 unspecified atom stereocenters. The molecule has 0 aliphatic heterocycles. The lowest BCUT2D eigenvalue weighted by Gasteiger charge is -2.07. The van der Waals surface area contributed by atoms with E-state index >= 15 is 0 Å². The van der Waals surface area contributed by atoms with Gasteiger partial charge in [0.2, 0.25) is 5.91 Å². The molecule has 0 atom stereocenters. The number of benzene rings is 1. The molecular formula is C12H13Cl2NO3S. The Kier molecular flexibility index (Phi) is 7.05. The van der Waals surface area contributed by atoms with Gasteiger partial charge in [-0.25, -0.2) is 0 Å². The van der Waals surface area contributed by atoms with Crippen LogP contribution in [0.1, 0.15) is 6.42 Å². The van der Waals surface area contributed by atoms with Crippen molar-refractivity contribution in [1.29, 1.82) is 0 Å². The molecule has 0 bridgehead atoms. The number of ether oxygens (including phenoxy) is 1. The van der Waals surface area contributed by atoms with Crippen molar-refractivity contribution in [3.05, 3.63) is 28.2 Å². The maximum Gasteiger partial charge on any atom is 0.307 e. The molecule has 4 nitrogen and oxygen atoms in total. The van der Waals surface area contributed by atoms with Crippen molar-refractivity contribution in [2.24, 2.45) is 0 Å². The van der Waals surface area contributed by atoms with Crippen molar-refractivity contribution in [1.82, 2.24) is 5.32 Å². The molecule has 0 saturated heterocycles. The minimum atomic E-state index is -0.359. The highest BCUT2D eigenvalue weighted by molar-refractivity contribution is 8.00. The van der Waals surface area contributed by atoms with Gasteiger partial charge in [-0.3, -0.25) is 9.59 Å². The van der Waals surface area contributed by atoms with Crippen LogP contribution in [-0.2, 0) is 14.3 Å². The van der Waals surface area contributed by atoms with Crippen molar-refractivity contribution in [3.63, 3.8) is 0 Å². The Morgan fingerprint density at radius 3 is 2.53 bits per heavy atom. The second-order valence-corrected chi connectivity index (χ2v) is 5.32. The number of methoxy groups -OCH3 is 1. The zero-order valence-corrected chi connectivity index (χ0v) is 12.6.